The number of piperidine rings is 1. The SMILES string of the molecule is COc1ccccc1-c1cc(C(=O)NC2CC3(CCN(C)CC3)Oc3ccccc32)c2c(C)noc2n1. The van der Waals surface area contributed by atoms with Crippen molar-refractivity contribution in [1.82, 2.24) is 20.4 Å². The molecule has 2 aliphatic heterocycles. The molecule has 1 unspecified atom stereocenters. The van der Waals surface area contributed by atoms with Crippen LogP contribution >= 0.6 is 0 Å². The number of hydrogen-bond acceptors (Lipinski definition) is 7. The van der Waals surface area contributed by atoms with Gasteiger partial charge in [0.05, 0.1) is 35.5 Å². The number of carbonyl (C=O) groups excluding carboxylic acids is 1. The third kappa shape index (κ3) is 4.21. The first-order valence-corrected chi connectivity index (χ1v) is 12.6. The zero-order chi connectivity index (χ0) is 25.6. The van der Waals surface area contributed by atoms with Crippen molar-refractivity contribution in [3.8, 4) is 22.8 Å². The van der Waals surface area contributed by atoms with Crippen LogP contribution in [0.3, 0.4) is 0 Å². The van der Waals surface area contributed by atoms with Gasteiger partial charge in [-0.05, 0) is 51.1 Å². The van der Waals surface area contributed by atoms with Gasteiger partial charge < -0.3 is 24.2 Å². The van der Waals surface area contributed by atoms with E-state index in [1.807, 2.05) is 55.5 Å². The summed E-state index contributed by atoms with van der Waals surface area (Å²) in [5, 5.41) is 8.05. The molecule has 0 saturated carbocycles. The number of nitrogens with zero attached hydrogens (tertiary/aromatic N) is 3. The van der Waals surface area contributed by atoms with Crippen LogP contribution in [0.25, 0.3) is 22.4 Å². The van der Waals surface area contributed by atoms with Crippen LogP contribution < -0.4 is 14.8 Å². The number of aromatic nitrogens is 2. The molecule has 4 aromatic rings. The number of benzene rings is 2. The van der Waals surface area contributed by atoms with E-state index in [2.05, 4.69) is 27.4 Å². The van der Waals surface area contributed by atoms with Gasteiger partial charge in [-0.2, -0.15) is 0 Å². The lowest BCUT2D eigenvalue weighted by Crippen LogP contribution is -2.51. The maximum Gasteiger partial charge on any atom is 0.259 e. The minimum absolute atomic E-state index is 0.182. The van der Waals surface area contributed by atoms with Crippen molar-refractivity contribution in [3.05, 3.63) is 71.4 Å². The van der Waals surface area contributed by atoms with E-state index in [4.69, 9.17) is 14.0 Å². The van der Waals surface area contributed by atoms with E-state index in [9.17, 15) is 4.79 Å². The molecular formula is C29H30N4O4. The smallest absolute Gasteiger partial charge is 0.259 e. The summed E-state index contributed by atoms with van der Waals surface area (Å²) < 4.78 is 17.6. The highest BCUT2D eigenvalue weighted by Crippen LogP contribution is 2.44. The second kappa shape index (κ2) is 9.19. The Morgan fingerprint density at radius 1 is 1.14 bits per heavy atom. The monoisotopic (exact) mass is 498 g/mol. The Bertz CT molecular complexity index is 1470. The van der Waals surface area contributed by atoms with Gasteiger partial charge in [0.1, 0.15) is 17.1 Å². The van der Waals surface area contributed by atoms with Crippen molar-refractivity contribution >= 4 is 17.0 Å². The normalized spacial score (nSPS) is 18.8. The number of para-hydroxylation sites is 2. The molecule has 37 heavy (non-hydrogen) atoms. The van der Waals surface area contributed by atoms with Gasteiger partial charge in [0.2, 0.25) is 0 Å². The number of fused-ring (bicyclic) bond motifs is 2. The summed E-state index contributed by atoms with van der Waals surface area (Å²) in [7, 11) is 3.75. The fourth-order valence-electron chi connectivity index (χ4n) is 5.58. The van der Waals surface area contributed by atoms with Crippen LogP contribution in [0.15, 0.2) is 59.1 Å². The van der Waals surface area contributed by atoms with Gasteiger partial charge in [-0.1, -0.05) is 35.5 Å². The highest BCUT2D eigenvalue weighted by Gasteiger charge is 2.43. The molecule has 1 amide bonds. The van der Waals surface area contributed by atoms with E-state index in [1.54, 1.807) is 13.2 Å². The number of nitrogens with one attached hydrogen (secondary N) is 1. The molecule has 2 aromatic carbocycles. The van der Waals surface area contributed by atoms with Crippen molar-refractivity contribution in [2.24, 2.45) is 0 Å². The Morgan fingerprint density at radius 2 is 1.89 bits per heavy atom. The Balaban J connectivity index is 1.39. The van der Waals surface area contributed by atoms with Crippen molar-refractivity contribution < 1.29 is 18.8 Å². The van der Waals surface area contributed by atoms with E-state index in [0.717, 1.165) is 49.2 Å². The van der Waals surface area contributed by atoms with Crippen LogP contribution in [0.4, 0.5) is 0 Å². The molecule has 0 radical (unpaired) electrons. The maximum absolute atomic E-state index is 14.0. The summed E-state index contributed by atoms with van der Waals surface area (Å²) in [6.07, 6.45) is 2.57. The van der Waals surface area contributed by atoms with Crippen molar-refractivity contribution in [2.75, 3.05) is 27.2 Å². The fraction of sp³-hybridized carbons (Fsp3) is 0.345. The zero-order valence-corrected chi connectivity index (χ0v) is 21.3. The van der Waals surface area contributed by atoms with Gasteiger partial charge in [-0.25, -0.2) is 4.98 Å². The highest BCUT2D eigenvalue weighted by molar-refractivity contribution is 6.07. The van der Waals surface area contributed by atoms with Crippen molar-refractivity contribution in [3.63, 3.8) is 0 Å². The van der Waals surface area contributed by atoms with Crippen LogP contribution in [0.1, 0.15) is 46.9 Å². The predicted molar refractivity (Wildman–Crippen MR) is 140 cm³/mol. The van der Waals surface area contributed by atoms with E-state index >= 15 is 0 Å². The minimum Gasteiger partial charge on any atom is -0.496 e. The van der Waals surface area contributed by atoms with Crippen LogP contribution in [0.5, 0.6) is 11.5 Å². The van der Waals surface area contributed by atoms with Crippen LogP contribution in [-0.2, 0) is 0 Å². The standard InChI is InChI=1S/C29H30N4O4/c1-18-26-21(16-22(31-28(26)37-32-18)19-8-4-6-10-24(19)35-3)27(34)30-23-17-29(12-14-33(2)15-13-29)36-25-11-7-5-9-20(23)25/h4-11,16,23H,12-15,17H2,1-3H3,(H,30,34). The van der Waals surface area contributed by atoms with Gasteiger partial charge in [0.25, 0.3) is 11.6 Å². The highest BCUT2D eigenvalue weighted by atomic mass is 16.5. The summed E-state index contributed by atoms with van der Waals surface area (Å²) in [6.45, 7) is 3.76. The predicted octanol–water partition coefficient (Wildman–Crippen LogP) is 4.92. The van der Waals surface area contributed by atoms with E-state index in [1.165, 1.54) is 0 Å². The largest absolute Gasteiger partial charge is 0.496 e. The van der Waals surface area contributed by atoms with Gasteiger partial charge in [0, 0.05) is 30.6 Å². The first-order valence-electron chi connectivity index (χ1n) is 12.6. The lowest BCUT2D eigenvalue weighted by Gasteiger charge is -2.46. The summed E-state index contributed by atoms with van der Waals surface area (Å²) in [5.41, 5.74) is 3.50. The molecule has 8 nitrogen and oxygen atoms in total. The van der Waals surface area contributed by atoms with Crippen molar-refractivity contribution in [2.45, 2.75) is 37.8 Å². The second-order valence-corrected chi connectivity index (χ2v) is 10.1. The Kier molecular flexibility index (Phi) is 5.83. The minimum atomic E-state index is -0.290. The van der Waals surface area contributed by atoms with Gasteiger partial charge in [0.15, 0.2) is 0 Å². The molecule has 1 N–H and O–H groups in total. The van der Waals surface area contributed by atoms with E-state index < -0.39 is 0 Å². The van der Waals surface area contributed by atoms with E-state index in [-0.39, 0.29) is 17.6 Å². The lowest BCUT2D eigenvalue weighted by atomic mass is 9.80. The fourth-order valence-corrected chi connectivity index (χ4v) is 5.58. The number of carbonyl (C=O) groups is 1. The molecule has 6 rings (SSSR count). The number of ether oxygens (including phenoxy) is 2. The average Bonchev–Trinajstić information content (AvgIpc) is 3.30. The van der Waals surface area contributed by atoms with Crippen molar-refractivity contribution in [1.29, 1.82) is 0 Å². The van der Waals surface area contributed by atoms with Crippen LogP contribution in [0, 0.1) is 6.92 Å². The zero-order valence-electron chi connectivity index (χ0n) is 21.3. The number of pyridine rings is 1. The van der Waals surface area contributed by atoms with Gasteiger partial charge in [-0.3, -0.25) is 4.79 Å². The molecule has 0 aliphatic carbocycles. The quantitative estimate of drug-likeness (QED) is 0.427. The molecule has 2 aliphatic rings. The summed E-state index contributed by atoms with van der Waals surface area (Å²) >= 11 is 0. The molecule has 1 atom stereocenters. The topological polar surface area (TPSA) is 89.7 Å². The molecule has 2 aromatic heterocycles. The number of aryl methyl sites for hydroxylation is 1. The first kappa shape index (κ1) is 23.5. The third-order valence-corrected chi connectivity index (χ3v) is 7.65. The van der Waals surface area contributed by atoms with Gasteiger partial charge in [-0.15, -0.1) is 0 Å². The van der Waals surface area contributed by atoms with Crippen LogP contribution in [0.2, 0.25) is 0 Å². The third-order valence-electron chi connectivity index (χ3n) is 7.65. The molecule has 4 heterocycles. The Morgan fingerprint density at radius 3 is 2.70 bits per heavy atom. The lowest BCUT2D eigenvalue weighted by molar-refractivity contribution is -0.0195. The Labute approximate surface area is 215 Å². The van der Waals surface area contributed by atoms with E-state index in [0.29, 0.717) is 33.8 Å². The number of amides is 1. The molecular weight excluding hydrogens is 468 g/mol. The molecule has 1 spiro atoms. The summed E-state index contributed by atoms with van der Waals surface area (Å²) in [6, 6.07) is 17.2. The van der Waals surface area contributed by atoms with Crippen LogP contribution in [-0.4, -0.2) is 53.8 Å². The Hall–Kier alpha value is -3.91. The number of rotatable bonds is 4. The number of likely N-dealkylation sites (tertiary alicyclic amines) is 1. The van der Waals surface area contributed by atoms with Gasteiger partial charge >= 0.3 is 0 Å². The number of hydrogen-bond donors (Lipinski definition) is 1. The number of methoxy groups -OCH3 is 1. The first-order chi connectivity index (χ1) is 18.0. The summed E-state index contributed by atoms with van der Waals surface area (Å²) in [5.74, 6) is 1.32. The molecule has 0 bridgehead atoms. The molecule has 190 valence electrons. The molecule has 1 saturated heterocycles. The second-order valence-electron chi connectivity index (χ2n) is 10.1. The molecule has 8 heteroatoms. The molecule has 1 fully saturated rings. The average molecular weight is 499 g/mol. The maximum atomic E-state index is 14.0. The summed E-state index contributed by atoms with van der Waals surface area (Å²) in [4.78, 5) is 20.9.